The fourth-order valence-electron chi connectivity index (χ4n) is 2.17. The standard InChI is InChI=1S/C17H13FN4O/c1-22-7-6-14(21-22)11-23-17-10-20-15(9-19)8-16(17)12-2-4-13(18)5-3-12/h2-8,10H,11H2,1H3. The van der Waals surface area contributed by atoms with Gasteiger partial charge < -0.3 is 4.74 Å². The molecular formula is C17H13FN4O. The summed E-state index contributed by atoms with van der Waals surface area (Å²) in [5.74, 6) is 0.195. The quantitative estimate of drug-likeness (QED) is 0.743. The molecule has 0 aliphatic heterocycles. The second-order valence-electron chi connectivity index (χ2n) is 4.95. The third kappa shape index (κ3) is 3.35. The van der Waals surface area contributed by atoms with Crippen LogP contribution in [0.2, 0.25) is 0 Å². The number of nitriles is 1. The first-order chi connectivity index (χ1) is 11.2. The van der Waals surface area contributed by atoms with Crippen molar-refractivity contribution in [2.75, 3.05) is 0 Å². The average molecular weight is 308 g/mol. The van der Waals surface area contributed by atoms with Crippen LogP contribution in [0.4, 0.5) is 4.39 Å². The summed E-state index contributed by atoms with van der Waals surface area (Å²) >= 11 is 0. The van der Waals surface area contributed by atoms with Crippen molar-refractivity contribution in [3.63, 3.8) is 0 Å². The van der Waals surface area contributed by atoms with E-state index in [0.717, 1.165) is 11.3 Å². The Hall–Kier alpha value is -3.20. The molecule has 0 saturated carbocycles. The number of pyridine rings is 1. The molecule has 0 saturated heterocycles. The van der Waals surface area contributed by atoms with Crippen LogP contribution in [-0.2, 0) is 13.7 Å². The topological polar surface area (TPSA) is 63.7 Å². The number of ether oxygens (including phenoxy) is 1. The molecule has 1 aromatic carbocycles. The van der Waals surface area contributed by atoms with E-state index in [9.17, 15) is 4.39 Å². The Kier molecular flexibility index (Phi) is 4.02. The molecule has 0 radical (unpaired) electrons. The normalized spacial score (nSPS) is 10.3. The lowest BCUT2D eigenvalue weighted by atomic mass is 10.1. The Morgan fingerprint density at radius 2 is 2.04 bits per heavy atom. The van der Waals surface area contributed by atoms with Crippen LogP contribution in [0.1, 0.15) is 11.4 Å². The Balaban J connectivity index is 1.92. The molecule has 0 spiro atoms. The summed E-state index contributed by atoms with van der Waals surface area (Å²) in [5, 5.41) is 13.3. The van der Waals surface area contributed by atoms with Crippen LogP contribution >= 0.6 is 0 Å². The lowest BCUT2D eigenvalue weighted by molar-refractivity contribution is 0.300. The molecule has 3 rings (SSSR count). The zero-order valence-electron chi connectivity index (χ0n) is 12.4. The largest absolute Gasteiger partial charge is 0.485 e. The predicted octanol–water partition coefficient (Wildman–Crippen LogP) is 3.07. The first-order valence-electron chi connectivity index (χ1n) is 6.93. The molecule has 6 heteroatoms. The summed E-state index contributed by atoms with van der Waals surface area (Å²) in [6.45, 7) is 0.280. The van der Waals surface area contributed by atoms with E-state index in [2.05, 4.69) is 10.1 Å². The van der Waals surface area contributed by atoms with Gasteiger partial charge in [0.05, 0.1) is 11.9 Å². The van der Waals surface area contributed by atoms with Crippen LogP contribution in [0.25, 0.3) is 11.1 Å². The minimum absolute atomic E-state index is 0.273. The van der Waals surface area contributed by atoms with Crippen LogP contribution in [-0.4, -0.2) is 14.8 Å². The predicted molar refractivity (Wildman–Crippen MR) is 81.9 cm³/mol. The number of hydrogen-bond donors (Lipinski definition) is 0. The molecule has 23 heavy (non-hydrogen) atoms. The maximum atomic E-state index is 13.1. The van der Waals surface area contributed by atoms with E-state index < -0.39 is 0 Å². The Bertz CT molecular complexity index is 865. The van der Waals surface area contributed by atoms with E-state index in [1.54, 1.807) is 22.9 Å². The molecule has 0 aliphatic carbocycles. The summed E-state index contributed by atoms with van der Waals surface area (Å²) in [6.07, 6.45) is 3.33. The van der Waals surface area contributed by atoms with Gasteiger partial charge in [0.15, 0.2) is 0 Å². The summed E-state index contributed by atoms with van der Waals surface area (Å²) in [7, 11) is 1.83. The second kappa shape index (κ2) is 6.28. The first-order valence-corrected chi connectivity index (χ1v) is 6.93. The number of aryl methyl sites for hydroxylation is 1. The SMILES string of the molecule is Cn1ccc(COc2cnc(C#N)cc2-c2ccc(F)cc2)n1. The number of benzene rings is 1. The molecular weight excluding hydrogens is 295 g/mol. The Morgan fingerprint density at radius 1 is 1.26 bits per heavy atom. The van der Waals surface area contributed by atoms with Crippen LogP contribution in [0.3, 0.4) is 0 Å². The zero-order valence-corrected chi connectivity index (χ0v) is 12.4. The molecule has 0 atom stereocenters. The van der Waals surface area contributed by atoms with Crippen molar-refractivity contribution >= 4 is 0 Å². The molecule has 0 unspecified atom stereocenters. The highest BCUT2D eigenvalue weighted by Crippen LogP contribution is 2.30. The van der Waals surface area contributed by atoms with Crippen LogP contribution in [0, 0.1) is 17.1 Å². The van der Waals surface area contributed by atoms with E-state index in [4.69, 9.17) is 10.00 Å². The number of halogens is 1. The summed E-state index contributed by atoms with van der Waals surface area (Å²) in [4.78, 5) is 4.03. The molecule has 0 N–H and O–H groups in total. The van der Waals surface area contributed by atoms with Gasteiger partial charge in [-0.1, -0.05) is 12.1 Å². The third-order valence-electron chi connectivity index (χ3n) is 3.28. The fraction of sp³-hybridized carbons (Fsp3) is 0.118. The van der Waals surface area contributed by atoms with Gasteiger partial charge in [-0.15, -0.1) is 0 Å². The van der Waals surface area contributed by atoms with E-state index in [1.165, 1.54) is 18.3 Å². The average Bonchev–Trinajstić information content (AvgIpc) is 2.99. The fourth-order valence-corrected chi connectivity index (χ4v) is 2.17. The van der Waals surface area contributed by atoms with Crippen molar-refractivity contribution < 1.29 is 9.13 Å². The van der Waals surface area contributed by atoms with Gasteiger partial charge in [0.25, 0.3) is 0 Å². The summed E-state index contributed by atoms with van der Waals surface area (Å²) in [6, 6.07) is 11.5. The highest BCUT2D eigenvalue weighted by atomic mass is 19.1. The second-order valence-corrected chi connectivity index (χ2v) is 4.95. The maximum absolute atomic E-state index is 13.1. The van der Waals surface area contributed by atoms with Crippen LogP contribution < -0.4 is 4.74 Å². The Morgan fingerprint density at radius 3 is 2.70 bits per heavy atom. The van der Waals surface area contributed by atoms with Gasteiger partial charge in [-0.25, -0.2) is 9.37 Å². The minimum Gasteiger partial charge on any atom is -0.485 e. The lowest BCUT2D eigenvalue weighted by Gasteiger charge is -2.11. The van der Waals surface area contributed by atoms with E-state index >= 15 is 0 Å². The monoisotopic (exact) mass is 308 g/mol. The van der Waals surface area contributed by atoms with Crippen LogP contribution in [0.5, 0.6) is 5.75 Å². The van der Waals surface area contributed by atoms with Gasteiger partial charge in [-0.3, -0.25) is 4.68 Å². The van der Waals surface area contributed by atoms with Crippen molar-refractivity contribution in [3.05, 3.63) is 66.0 Å². The van der Waals surface area contributed by atoms with Gasteiger partial charge in [-0.2, -0.15) is 10.4 Å². The number of nitrogens with zero attached hydrogens (tertiary/aromatic N) is 4. The van der Waals surface area contributed by atoms with Crippen LogP contribution in [0.15, 0.2) is 48.8 Å². The third-order valence-corrected chi connectivity index (χ3v) is 3.28. The molecule has 114 valence electrons. The number of aromatic nitrogens is 3. The van der Waals surface area contributed by atoms with E-state index in [1.807, 2.05) is 25.4 Å². The van der Waals surface area contributed by atoms with Crippen molar-refractivity contribution in [3.8, 4) is 22.9 Å². The van der Waals surface area contributed by atoms with E-state index in [0.29, 0.717) is 11.3 Å². The molecule has 2 aromatic heterocycles. The van der Waals surface area contributed by atoms with E-state index in [-0.39, 0.29) is 18.1 Å². The van der Waals surface area contributed by atoms with Crippen molar-refractivity contribution in [2.24, 2.45) is 7.05 Å². The molecule has 0 fully saturated rings. The smallest absolute Gasteiger partial charge is 0.146 e. The molecule has 5 nitrogen and oxygen atoms in total. The Labute approximate surface area is 132 Å². The molecule has 2 heterocycles. The first kappa shape index (κ1) is 14.7. The number of hydrogen-bond acceptors (Lipinski definition) is 4. The van der Waals surface area contributed by atoms with Gasteiger partial charge in [0.2, 0.25) is 0 Å². The van der Waals surface area contributed by atoms with Gasteiger partial charge in [-0.05, 0) is 29.8 Å². The van der Waals surface area contributed by atoms with Gasteiger partial charge in [0.1, 0.15) is 29.9 Å². The molecule has 0 amide bonds. The highest BCUT2D eigenvalue weighted by Gasteiger charge is 2.10. The molecule has 3 aromatic rings. The lowest BCUT2D eigenvalue weighted by Crippen LogP contribution is -2.00. The molecule has 0 bridgehead atoms. The van der Waals surface area contributed by atoms with Gasteiger partial charge in [0, 0.05) is 18.8 Å². The van der Waals surface area contributed by atoms with Gasteiger partial charge >= 0.3 is 0 Å². The maximum Gasteiger partial charge on any atom is 0.146 e. The van der Waals surface area contributed by atoms with Crippen molar-refractivity contribution in [2.45, 2.75) is 6.61 Å². The summed E-state index contributed by atoms with van der Waals surface area (Å²) in [5.41, 5.74) is 2.49. The number of rotatable bonds is 4. The molecule has 0 aliphatic rings. The highest BCUT2D eigenvalue weighted by molar-refractivity contribution is 5.70. The zero-order chi connectivity index (χ0) is 16.2. The van der Waals surface area contributed by atoms with Crippen molar-refractivity contribution in [1.82, 2.24) is 14.8 Å². The minimum atomic E-state index is -0.320. The summed E-state index contributed by atoms with van der Waals surface area (Å²) < 4.78 is 20.6. The van der Waals surface area contributed by atoms with Crippen molar-refractivity contribution in [1.29, 1.82) is 5.26 Å².